The molecule has 90 valence electrons. The highest BCUT2D eigenvalue weighted by Crippen LogP contribution is 2.31. The fourth-order valence-electron chi connectivity index (χ4n) is 1.37. The lowest BCUT2D eigenvalue weighted by atomic mass is 10.0. The van der Waals surface area contributed by atoms with E-state index in [1.807, 2.05) is 40.2 Å². The molecule has 0 aliphatic heterocycles. The molecule has 1 aliphatic carbocycles. The number of nitrogens with one attached hydrogen (secondary N) is 1. The average molecular weight is 229 g/mol. The first-order valence-electron chi connectivity index (χ1n) is 6.06. The zero-order valence-electron chi connectivity index (χ0n) is 11.0. The maximum absolute atomic E-state index is 3.72. The molecule has 1 N–H and O–H groups in total. The molecule has 0 spiro atoms. The van der Waals surface area contributed by atoms with E-state index in [0.717, 1.165) is 0 Å². The van der Waals surface area contributed by atoms with Crippen LogP contribution in [0.5, 0.6) is 0 Å². The first-order valence-corrected chi connectivity index (χ1v) is 6.93. The molecule has 1 rings (SSSR count). The van der Waals surface area contributed by atoms with Crippen LogP contribution in [0.25, 0.3) is 0 Å². The second-order valence-corrected chi connectivity index (χ2v) is 3.71. The van der Waals surface area contributed by atoms with E-state index in [2.05, 4.69) is 11.9 Å². The Hall–Kier alpha value is -0.370. The molecule has 0 heterocycles. The Bertz CT molecular complexity index is 173. The van der Waals surface area contributed by atoms with Crippen LogP contribution >= 0.6 is 11.8 Å². The van der Waals surface area contributed by atoms with E-state index in [1.165, 1.54) is 36.3 Å². The Balaban J connectivity index is 0. The molecule has 0 aromatic carbocycles. The highest BCUT2D eigenvalue weighted by Gasteiger charge is 2.10. The fraction of sp³-hybridized carbons (Fsp3) is 0.692. The van der Waals surface area contributed by atoms with E-state index in [9.17, 15) is 0 Å². The minimum absolute atomic E-state index is 1.21. The summed E-state index contributed by atoms with van der Waals surface area (Å²) in [5, 5.41) is 5.16. The lowest BCUT2D eigenvalue weighted by Gasteiger charge is -2.18. The van der Waals surface area contributed by atoms with Crippen molar-refractivity contribution in [2.75, 3.05) is 7.05 Å². The molecule has 1 nitrogen and oxygen atoms in total. The van der Waals surface area contributed by atoms with Gasteiger partial charge in [-0.2, -0.15) is 0 Å². The van der Waals surface area contributed by atoms with Gasteiger partial charge in [-0.25, -0.2) is 0 Å². The first kappa shape index (κ1) is 17.0. The predicted octanol–water partition coefficient (Wildman–Crippen LogP) is 4.92. The van der Waals surface area contributed by atoms with E-state index < -0.39 is 0 Å². The van der Waals surface area contributed by atoms with Crippen LogP contribution < -0.4 is 5.32 Å². The molecule has 0 fully saturated rings. The second kappa shape index (κ2) is 13.6. The molecule has 0 aromatic heterocycles. The highest BCUT2D eigenvalue weighted by molar-refractivity contribution is 8.05. The van der Waals surface area contributed by atoms with Gasteiger partial charge in [-0.05, 0) is 31.1 Å². The molecule has 0 amide bonds. The van der Waals surface area contributed by atoms with Gasteiger partial charge in [0.1, 0.15) is 0 Å². The molecular weight excluding hydrogens is 202 g/mol. The van der Waals surface area contributed by atoms with E-state index in [-0.39, 0.29) is 0 Å². The number of allylic oxidation sites excluding steroid dienone is 2. The molecule has 0 saturated carbocycles. The third-order valence-corrected chi connectivity index (χ3v) is 2.85. The predicted molar refractivity (Wildman–Crippen MR) is 75.0 cm³/mol. The van der Waals surface area contributed by atoms with Crippen LogP contribution in [-0.4, -0.2) is 7.05 Å². The molecule has 0 radical (unpaired) electrons. The van der Waals surface area contributed by atoms with Crippen molar-refractivity contribution in [2.24, 2.45) is 0 Å². The normalized spacial score (nSPS) is 14.2. The molecule has 0 bridgehead atoms. The van der Waals surface area contributed by atoms with Gasteiger partial charge < -0.3 is 5.32 Å². The van der Waals surface area contributed by atoms with E-state index in [0.29, 0.717) is 0 Å². The van der Waals surface area contributed by atoms with Crippen molar-refractivity contribution in [1.29, 1.82) is 0 Å². The maximum atomic E-state index is 3.72. The molecule has 15 heavy (non-hydrogen) atoms. The summed E-state index contributed by atoms with van der Waals surface area (Å²) >= 11 is 1.77. The highest BCUT2D eigenvalue weighted by atomic mass is 32.2. The minimum Gasteiger partial charge on any atom is -0.391 e. The van der Waals surface area contributed by atoms with Crippen molar-refractivity contribution in [3.63, 3.8) is 0 Å². The Morgan fingerprint density at radius 3 is 2.13 bits per heavy atom. The largest absolute Gasteiger partial charge is 0.391 e. The van der Waals surface area contributed by atoms with Gasteiger partial charge in [0.2, 0.25) is 0 Å². The lowest BCUT2D eigenvalue weighted by molar-refractivity contribution is 0.660. The van der Waals surface area contributed by atoms with Crippen LogP contribution in [0.15, 0.2) is 22.6 Å². The van der Waals surface area contributed by atoms with Crippen molar-refractivity contribution < 1.29 is 0 Å². The van der Waals surface area contributed by atoms with Crippen molar-refractivity contribution in [2.45, 2.75) is 53.4 Å². The Kier molecular flexibility index (Phi) is 15.5. The van der Waals surface area contributed by atoms with Gasteiger partial charge in [0.15, 0.2) is 0 Å². The summed E-state index contributed by atoms with van der Waals surface area (Å²) in [7, 11) is 2.00. The van der Waals surface area contributed by atoms with Crippen molar-refractivity contribution in [3.8, 4) is 0 Å². The topological polar surface area (TPSA) is 12.0 Å². The van der Waals surface area contributed by atoms with Gasteiger partial charge >= 0.3 is 0 Å². The quantitative estimate of drug-likeness (QED) is 0.737. The van der Waals surface area contributed by atoms with Crippen LogP contribution in [0.4, 0.5) is 0 Å². The van der Waals surface area contributed by atoms with Gasteiger partial charge in [-0.1, -0.05) is 34.3 Å². The van der Waals surface area contributed by atoms with Crippen LogP contribution in [0.2, 0.25) is 0 Å². The van der Waals surface area contributed by atoms with Crippen LogP contribution in [0.3, 0.4) is 0 Å². The molecule has 0 atom stereocenters. The minimum atomic E-state index is 1.21. The van der Waals surface area contributed by atoms with Crippen LogP contribution in [0.1, 0.15) is 53.4 Å². The van der Waals surface area contributed by atoms with Crippen LogP contribution in [0, 0.1) is 0 Å². The summed E-state index contributed by atoms with van der Waals surface area (Å²) < 4.78 is 0. The molecule has 2 heteroatoms. The zero-order valence-corrected chi connectivity index (χ0v) is 11.8. The monoisotopic (exact) mass is 229 g/mol. The smallest absolute Gasteiger partial charge is 0.0204 e. The number of hydrogen-bond donors (Lipinski definition) is 1. The summed E-state index contributed by atoms with van der Waals surface area (Å²) in [5.41, 5.74) is 1.42. The van der Waals surface area contributed by atoms with Gasteiger partial charge in [-0.3, -0.25) is 0 Å². The summed E-state index contributed by atoms with van der Waals surface area (Å²) in [6, 6.07) is 0. The van der Waals surface area contributed by atoms with E-state index in [1.54, 1.807) is 11.8 Å². The maximum Gasteiger partial charge on any atom is 0.0204 e. The molecule has 0 saturated heterocycles. The fourth-order valence-corrected chi connectivity index (χ4v) is 2.18. The number of rotatable bonds is 3. The Labute approximate surface area is 100 Å². The first-order chi connectivity index (χ1) is 7.38. The van der Waals surface area contributed by atoms with Crippen molar-refractivity contribution >= 4 is 11.8 Å². The van der Waals surface area contributed by atoms with E-state index >= 15 is 0 Å². The van der Waals surface area contributed by atoms with Gasteiger partial charge in [0.05, 0.1) is 0 Å². The number of thioether (sulfide) groups is 1. The van der Waals surface area contributed by atoms with Gasteiger partial charge in [0.25, 0.3) is 0 Å². The lowest BCUT2D eigenvalue weighted by Crippen LogP contribution is -2.11. The molecular formula is C13H27NS. The Morgan fingerprint density at radius 2 is 1.67 bits per heavy atom. The number of hydrogen-bond acceptors (Lipinski definition) is 2. The third-order valence-electron chi connectivity index (χ3n) is 1.94. The van der Waals surface area contributed by atoms with Gasteiger partial charge in [-0.15, -0.1) is 11.8 Å². The van der Waals surface area contributed by atoms with E-state index in [4.69, 9.17) is 0 Å². The van der Waals surface area contributed by atoms with Gasteiger partial charge in [0, 0.05) is 17.6 Å². The zero-order chi connectivity index (χ0) is 12.1. The summed E-state index contributed by atoms with van der Waals surface area (Å²) in [6.45, 7) is 11.7. The average Bonchev–Trinajstić information content (AvgIpc) is 2.35. The summed E-state index contributed by atoms with van der Waals surface area (Å²) in [5.74, 6) is 0. The molecule has 0 aromatic rings. The summed E-state index contributed by atoms with van der Waals surface area (Å²) in [6.07, 6.45) is 5.11. The third kappa shape index (κ3) is 7.55. The SMILES string of the molecule is C=CSC1=C(NC)CCCC1.CC.CC. The molecule has 0 unspecified atom stereocenters. The van der Waals surface area contributed by atoms with Crippen molar-refractivity contribution in [3.05, 3.63) is 22.6 Å². The molecule has 1 aliphatic rings. The van der Waals surface area contributed by atoms with Crippen molar-refractivity contribution in [1.82, 2.24) is 5.32 Å². The Morgan fingerprint density at radius 1 is 1.13 bits per heavy atom. The summed E-state index contributed by atoms with van der Waals surface area (Å²) in [4.78, 5) is 1.48. The van der Waals surface area contributed by atoms with Crippen LogP contribution in [-0.2, 0) is 0 Å². The standard InChI is InChI=1S/C9H15NS.2C2H6/c1-3-11-9-7-5-4-6-8(9)10-2;2*1-2/h3,10H,1,4-7H2,2H3;2*1-2H3. The second-order valence-electron chi connectivity index (χ2n) is 2.64.